The van der Waals surface area contributed by atoms with Crippen LogP contribution < -0.4 is 16.8 Å². The Morgan fingerprint density at radius 2 is 1.79 bits per heavy atom. The number of nitrogens with two attached hydrogens (primary N) is 2. The standard InChI is InChI=1S/C15H31N3O/c1-3-15(17,4-2)12-18-13(19)10-14(11-16)8-6-5-7-9-14/h3-12,16-17H2,1-2H3,(H,18,19). The fraction of sp³-hybridized carbons (Fsp3) is 0.933. The van der Waals surface area contributed by atoms with Crippen molar-refractivity contribution in [2.24, 2.45) is 16.9 Å². The van der Waals surface area contributed by atoms with Crippen molar-refractivity contribution < 1.29 is 4.79 Å². The molecule has 0 bridgehead atoms. The van der Waals surface area contributed by atoms with E-state index in [-0.39, 0.29) is 16.9 Å². The Hall–Kier alpha value is -0.610. The van der Waals surface area contributed by atoms with Crippen LogP contribution in [0.25, 0.3) is 0 Å². The fourth-order valence-corrected chi connectivity index (χ4v) is 2.93. The van der Waals surface area contributed by atoms with Crippen LogP contribution >= 0.6 is 0 Å². The summed E-state index contributed by atoms with van der Waals surface area (Å²) in [7, 11) is 0. The first kappa shape index (κ1) is 16.4. The Balaban J connectivity index is 2.45. The van der Waals surface area contributed by atoms with Gasteiger partial charge < -0.3 is 16.8 Å². The summed E-state index contributed by atoms with van der Waals surface area (Å²) in [5.41, 5.74) is 11.9. The number of hydrogen-bond donors (Lipinski definition) is 3. The largest absolute Gasteiger partial charge is 0.354 e. The topological polar surface area (TPSA) is 81.1 Å². The molecule has 0 unspecified atom stereocenters. The first-order chi connectivity index (χ1) is 8.99. The maximum absolute atomic E-state index is 12.1. The molecule has 0 atom stereocenters. The summed E-state index contributed by atoms with van der Waals surface area (Å²) in [6.45, 7) is 5.32. The summed E-state index contributed by atoms with van der Waals surface area (Å²) in [6.07, 6.45) is 8.19. The number of amides is 1. The van der Waals surface area contributed by atoms with Crippen LogP contribution in [0.2, 0.25) is 0 Å². The van der Waals surface area contributed by atoms with Crippen molar-refractivity contribution in [2.45, 2.75) is 70.8 Å². The van der Waals surface area contributed by atoms with Crippen molar-refractivity contribution in [3.05, 3.63) is 0 Å². The van der Waals surface area contributed by atoms with Crippen LogP contribution in [0, 0.1) is 5.41 Å². The van der Waals surface area contributed by atoms with E-state index in [9.17, 15) is 4.79 Å². The van der Waals surface area contributed by atoms with E-state index in [1.165, 1.54) is 19.3 Å². The number of carbonyl (C=O) groups excluding carboxylic acids is 1. The molecule has 0 aromatic carbocycles. The molecule has 1 fully saturated rings. The van der Waals surface area contributed by atoms with Crippen molar-refractivity contribution in [1.29, 1.82) is 0 Å². The van der Waals surface area contributed by atoms with E-state index in [4.69, 9.17) is 11.5 Å². The van der Waals surface area contributed by atoms with Gasteiger partial charge in [0, 0.05) is 18.5 Å². The first-order valence-electron chi connectivity index (χ1n) is 7.75. The Morgan fingerprint density at radius 1 is 1.21 bits per heavy atom. The Labute approximate surface area is 117 Å². The van der Waals surface area contributed by atoms with E-state index in [0.717, 1.165) is 25.7 Å². The van der Waals surface area contributed by atoms with Crippen molar-refractivity contribution in [3.63, 3.8) is 0 Å². The molecule has 0 aromatic heterocycles. The van der Waals surface area contributed by atoms with E-state index in [1.807, 2.05) is 0 Å². The summed E-state index contributed by atoms with van der Waals surface area (Å²) in [5.74, 6) is 0.115. The highest BCUT2D eigenvalue weighted by Crippen LogP contribution is 2.38. The predicted molar refractivity (Wildman–Crippen MR) is 79.7 cm³/mol. The zero-order chi connectivity index (χ0) is 14.4. The lowest BCUT2D eigenvalue weighted by Crippen LogP contribution is -2.50. The van der Waals surface area contributed by atoms with E-state index >= 15 is 0 Å². The van der Waals surface area contributed by atoms with Gasteiger partial charge in [0.1, 0.15) is 0 Å². The van der Waals surface area contributed by atoms with Crippen LogP contribution in [0.15, 0.2) is 0 Å². The zero-order valence-electron chi connectivity index (χ0n) is 12.6. The molecule has 4 heteroatoms. The Morgan fingerprint density at radius 3 is 2.26 bits per heavy atom. The first-order valence-corrected chi connectivity index (χ1v) is 7.75. The lowest BCUT2D eigenvalue weighted by atomic mass is 9.71. The molecule has 1 saturated carbocycles. The molecule has 0 saturated heterocycles. The zero-order valence-corrected chi connectivity index (χ0v) is 12.6. The minimum atomic E-state index is -0.266. The predicted octanol–water partition coefficient (Wildman–Crippen LogP) is 1.92. The van der Waals surface area contributed by atoms with Crippen molar-refractivity contribution >= 4 is 5.91 Å². The number of rotatable bonds is 7. The van der Waals surface area contributed by atoms with Gasteiger partial charge in [-0.1, -0.05) is 33.1 Å². The molecule has 0 aromatic rings. The molecule has 1 rings (SSSR count). The minimum absolute atomic E-state index is 0.0397. The van der Waals surface area contributed by atoms with Gasteiger partial charge >= 0.3 is 0 Å². The van der Waals surface area contributed by atoms with Crippen LogP contribution in [0.4, 0.5) is 0 Å². The highest BCUT2D eigenvalue weighted by Gasteiger charge is 2.33. The normalized spacial score (nSPS) is 19.2. The second-order valence-electron chi connectivity index (χ2n) is 6.29. The average Bonchev–Trinajstić information content (AvgIpc) is 2.46. The molecular weight excluding hydrogens is 238 g/mol. The molecule has 0 spiro atoms. The summed E-state index contributed by atoms with van der Waals surface area (Å²) < 4.78 is 0. The lowest BCUT2D eigenvalue weighted by Gasteiger charge is -2.36. The van der Waals surface area contributed by atoms with Crippen molar-refractivity contribution in [1.82, 2.24) is 5.32 Å². The van der Waals surface area contributed by atoms with E-state index < -0.39 is 0 Å². The van der Waals surface area contributed by atoms with E-state index in [1.54, 1.807) is 0 Å². The molecule has 0 aliphatic heterocycles. The van der Waals surface area contributed by atoms with Crippen LogP contribution in [0.5, 0.6) is 0 Å². The number of hydrogen-bond acceptors (Lipinski definition) is 3. The van der Waals surface area contributed by atoms with Crippen LogP contribution in [-0.4, -0.2) is 24.5 Å². The number of carbonyl (C=O) groups is 1. The van der Waals surface area contributed by atoms with Gasteiger partial charge in [0.15, 0.2) is 0 Å². The van der Waals surface area contributed by atoms with Gasteiger partial charge in [-0.25, -0.2) is 0 Å². The van der Waals surface area contributed by atoms with Crippen LogP contribution in [0.3, 0.4) is 0 Å². The molecule has 4 nitrogen and oxygen atoms in total. The summed E-state index contributed by atoms with van der Waals surface area (Å²) in [6, 6.07) is 0. The molecule has 112 valence electrons. The Kier molecular flexibility index (Phi) is 6.27. The molecule has 19 heavy (non-hydrogen) atoms. The Bertz CT molecular complexity index is 281. The second kappa shape index (κ2) is 7.25. The van der Waals surface area contributed by atoms with Gasteiger partial charge in [-0.2, -0.15) is 0 Å². The monoisotopic (exact) mass is 269 g/mol. The highest BCUT2D eigenvalue weighted by atomic mass is 16.1. The van der Waals surface area contributed by atoms with Crippen molar-refractivity contribution in [3.8, 4) is 0 Å². The summed E-state index contributed by atoms with van der Waals surface area (Å²) in [4.78, 5) is 12.1. The third-order valence-electron chi connectivity index (χ3n) is 4.93. The third-order valence-corrected chi connectivity index (χ3v) is 4.93. The van der Waals surface area contributed by atoms with Gasteiger partial charge in [-0.3, -0.25) is 4.79 Å². The lowest BCUT2D eigenvalue weighted by molar-refractivity contribution is -0.124. The average molecular weight is 269 g/mol. The van der Waals surface area contributed by atoms with Crippen LogP contribution in [0.1, 0.15) is 65.2 Å². The molecule has 1 aliphatic rings. The fourth-order valence-electron chi connectivity index (χ4n) is 2.93. The maximum atomic E-state index is 12.1. The molecule has 1 amide bonds. The maximum Gasteiger partial charge on any atom is 0.220 e. The van der Waals surface area contributed by atoms with E-state index in [0.29, 0.717) is 19.5 Å². The minimum Gasteiger partial charge on any atom is -0.354 e. The third kappa shape index (κ3) is 4.77. The smallest absolute Gasteiger partial charge is 0.220 e. The number of nitrogens with one attached hydrogen (secondary N) is 1. The van der Waals surface area contributed by atoms with Gasteiger partial charge in [0.2, 0.25) is 5.91 Å². The molecular formula is C15H31N3O. The quantitative estimate of drug-likeness (QED) is 0.660. The summed E-state index contributed by atoms with van der Waals surface area (Å²) in [5, 5.41) is 3.01. The van der Waals surface area contributed by atoms with Gasteiger partial charge in [0.05, 0.1) is 0 Å². The molecule has 1 aliphatic carbocycles. The van der Waals surface area contributed by atoms with Gasteiger partial charge in [-0.15, -0.1) is 0 Å². The van der Waals surface area contributed by atoms with Gasteiger partial charge in [0.25, 0.3) is 0 Å². The van der Waals surface area contributed by atoms with Crippen molar-refractivity contribution in [2.75, 3.05) is 13.1 Å². The van der Waals surface area contributed by atoms with Crippen LogP contribution in [-0.2, 0) is 4.79 Å². The van der Waals surface area contributed by atoms with E-state index in [2.05, 4.69) is 19.2 Å². The van der Waals surface area contributed by atoms with Gasteiger partial charge in [-0.05, 0) is 37.6 Å². The molecule has 0 radical (unpaired) electrons. The molecule has 5 N–H and O–H groups in total. The second-order valence-corrected chi connectivity index (χ2v) is 6.29. The summed E-state index contributed by atoms with van der Waals surface area (Å²) >= 11 is 0. The highest BCUT2D eigenvalue weighted by molar-refractivity contribution is 5.76. The molecule has 0 heterocycles. The SMILES string of the molecule is CCC(N)(CC)CNC(=O)CC1(CN)CCCCC1.